The lowest BCUT2D eigenvalue weighted by Crippen LogP contribution is -2.17. The third-order valence-corrected chi connectivity index (χ3v) is 6.15. The van der Waals surface area contributed by atoms with Crippen molar-refractivity contribution < 1.29 is 13.7 Å². The van der Waals surface area contributed by atoms with Gasteiger partial charge in [0.1, 0.15) is 11.6 Å². The van der Waals surface area contributed by atoms with Crippen LogP contribution in [-0.2, 0) is 22.3 Å². The molecule has 2 aromatic carbocycles. The van der Waals surface area contributed by atoms with Gasteiger partial charge < -0.3 is 10.1 Å². The van der Waals surface area contributed by atoms with Gasteiger partial charge >= 0.3 is 0 Å². The summed E-state index contributed by atoms with van der Waals surface area (Å²) in [4.78, 5) is 12.8. The van der Waals surface area contributed by atoms with Crippen LogP contribution in [0.25, 0.3) is 5.69 Å². The summed E-state index contributed by atoms with van der Waals surface area (Å²) in [6.45, 7) is 0. The molecule has 2 heterocycles. The van der Waals surface area contributed by atoms with Crippen molar-refractivity contribution in [1.82, 2.24) is 9.78 Å². The summed E-state index contributed by atoms with van der Waals surface area (Å²) in [5.41, 5.74) is 2.53. The molecule has 1 amide bonds. The van der Waals surface area contributed by atoms with Gasteiger partial charge in [-0.15, -0.1) is 0 Å². The number of nitrogens with zero attached hydrogens (tertiary/aromatic N) is 2. The average molecular weight is 436 g/mol. The number of hydrogen-bond donors (Lipinski definition) is 1. The summed E-state index contributed by atoms with van der Waals surface area (Å²) in [5, 5.41) is 8.14. The second-order valence-electron chi connectivity index (χ2n) is 6.19. The number of carbonyl (C=O) groups is 1. The number of hydrogen-bond acceptors (Lipinski definition) is 4. The van der Waals surface area contributed by atoms with Crippen molar-refractivity contribution in [2.75, 3.05) is 12.4 Å². The zero-order valence-corrected chi connectivity index (χ0v) is 17.1. The second kappa shape index (κ2) is 7.58. The lowest BCUT2D eigenvalue weighted by Gasteiger charge is -2.12. The number of halogens is 2. The number of benzene rings is 2. The highest BCUT2D eigenvalue weighted by Gasteiger charge is 2.28. The predicted molar refractivity (Wildman–Crippen MR) is 110 cm³/mol. The standard InChI is InChI=1S/C19H15Cl2N3O3S/c1-27-13-5-3-12(4-6-13)24-18(15-9-28(26)10-17(15)23-24)22-19(25)14-7-2-11(20)8-16(14)21/h2-8H,9-10H2,1H3,(H,22,25)/t28-/m0/s1. The molecule has 0 radical (unpaired) electrons. The molecule has 0 saturated carbocycles. The Hall–Kier alpha value is -2.35. The van der Waals surface area contributed by atoms with E-state index in [9.17, 15) is 9.00 Å². The van der Waals surface area contributed by atoms with Crippen molar-refractivity contribution in [1.29, 1.82) is 0 Å². The van der Waals surface area contributed by atoms with Crippen molar-refractivity contribution in [3.05, 3.63) is 69.3 Å². The zero-order valence-electron chi connectivity index (χ0n) is 14.7. The van der Waals surface area contributed by atoms with Gasteiger partial charge in [0.2, 0.25) is 0 Å². The Bertz CT molecular complexity index is 1100. The molecule has 3 aromatic rings. The molecule has 0 unspecified atom stereocenters. The minimum atomic E-state index is -1.03. The van der Waals surface area contributed by atoms with E-state index in [0.717, 1.165) is 11.3 Å². The van der Waals surface area contributed by atoms with E-state index in [4.69, 9.17) is 27.9 Å². The lowest BCUT2D eigenvalue weighted by atomic mass is 10.2. The summed E-state index contributed by atoms with van der Waals surface area (Å²) >= 11 is 12.1. The molecule has 1 aliphatic rings. The molecule has 1 aliphatic heterocycles. The van der Waals surface area contributed by atoms with Crippen LogP contribution in [0, 0.1) is 0 Å². The molecule has 0 saturated heterocycles. The van der Waals surface area contributed by atoms with Crippen LogP contribution in [0.5, 0.6) is 5.75 Å². The van der Waals surface area contributed by atoms with Crippen LogP contribution in [0.2, 0.25) is 10.0 Å². The quantitative estimate of drug-likeness (QED) is 0.666. The van der Waals surface area contributed by atoms with Gasteiger partial charge in [0.15, 0.2) is 0 Å². The Morgan fingerprint density at radius 3 is 2.61 bits per heavy atom. The molecule has 0 aliphatic carbocycles. The van der Waals surface area contributed by atoms with Gasteiger partial charge in [0.05, 0.1) is 40.6 Å². The van der Waals surface area contributed by atoms with Gasteiger partial charge in [-0.2, -0.15) is 5.10 Å². The highest BCUT2D eigenvalue weighted by Crippen LogP contribution is 2.32. The average Bonchev–Trinajstić information content (AvgIpc) is 3.18. The van der Waals surface area contributed by atoms with Gasteiger partial charge in [-0.3, -0.25) is 9.00 Å². The first-order valence-corrected chi connectivity index (χ1v) is 10.6. The third-order valence-electron chi connectivity index (χ3n) is 4.39. The number of carbonyl (C=O) groups excluding carboxylic acids is 1. The maximum Gasteiger partial charge on any atom is 0.258 e. The Labute approximate surface area is 173 Å². The Kier molecular flexibility index (Phi) is 5.14. The van der Waals surface area contributed by atoms with E-state index in [0.29, 0.717) is 39.4 Å². The molecule has 1 atom stereocenters. The first-order chi connectivity index (χ1) is 13.5. The number of amides is 1. The summed E-state index contributed by atoms with van der Waals surface area (Å²) in [6, 6.07) is 12.0. The predicted octanol–water partition coefficient (Wildman–Crippen LogP) is 4.20. The first-order valence-electron chi connectivity index (χ1n) is 8.33. The highest BCUT2D eigenvalue weighted by atomic mass is 35.5. The van der Waals surface area contributed by atoms with E-state index in [1.54, 1.807) is 23.9 Å². The van der Waals surface area contributed by atoms with Gasteiger partial charge in [0, 0.05) is 21.4 Å². The number of ether oxygens (including phenoxy) is 1. The normalized spacial score (nSPS) is 15.3. The third kappa shape index (κ3) is 3.53. The van der Waals surface area contributed by atoms with Crippen LogP contribution in [-0.4, -0.2) is 27.0 Å². The van der Waals surface area contributed by atoms with Gasteiger partial charge in [-0.25, -0.2) is 4.68 Å². The minimum Gasteiger partial charge on any atom is -0.497 e. The Morgan fingerprint density at radius 2 is 1.93 bits per heavy atom. The van der Waals surface area contributed by atoms with Gasteiger partial charge in [-0.1, -0.05) is 23.2 Å². The van der Waals surface area contributed by atoms with Crippen molar-refractivity contribution >= 4 is 45.7 Å². The van der Waals surface area contributed by atoms with Crippen LogP contribution < -0.4 is 10.1 Å². The van der Waals surface area contributed by atoms with Gasteiger partial charge in [0.25, 0.3) is 5.91 Å². The number of nitrogens with one attached hydrogen (secondary N) is 1. The molecule has 28 heavy (non-hydrogen) atoms. The molecule has 0 fully saturated rings. The number of fused-ring (bicyclic) bond motifs is 1. The van der Waals surface area contributed by atoms with E-state index in [-0.39, 0.29) is 5.02 Å². The van der Waals surface area contributed by atoms with E-state index in [2.05, 4.69) is 10.4 Å². The Balaban J connectivity index is 1.74. The molecule has 4 rings (SSSR count). The molecule has 0 spiro atoms. The zero-order chi connectivity index (χ0) is 19.8. The molecule has 6 nitrogen and oxygen atoms in total. The SMILES string of the molecule is COc1ccc(-n2nc3c(c2NC(=O)c2ccc(Cl)cc2Cl)C[S@](=O)C3)cc1. The fourth-order valence-corrected chi connectivity index (χ4v) is 4.77. The maximum atomic E-state index is 12.8. The van der Waals surface area contributed by atoms with E-state index in [1.165, 1.54) is 6.07 Å². The molecule has 9 heteroatoms. The number of methoxy groups -OCH3 is 1. The summed E-state index contributed by atoms with van der Waals surface area (Å²) < 4.78 is 18.8. The topological polar surface area (TPSA) is 73.2 Å². The summed E-state index contributed by atoms with van der Waals surface area (Å²) in [5.74, 6) is 1.51. The maximum absolute atomic E-state index is 12.8. The molecule has 1 aromatic heterocycles. The molecular weight excluding hydrogens is 421 g/mol. The van der Waals surface area contributed by atoms with Crippen LogP contribution in [0.15, 0.2) is 42.5 Å². The number of anilines is 1. The molecule has 0 bridgehead atoms. The first kappa shape index (κ1) is 19.0. The molecule has 144 valence electrons. The van der Waals surface area contributed by atoms with Gasteiger partial charge in [-0.05, 0) is 42.5 Å². The van der Waals surface area contributed by atoms with Crippen molar-refractivity contribution in [3.8, 4) is 11.4 Å². The number of aromatic nitrogens is 2. The number of rotatable bonds is 4. The van der Waals surface area contributed by atoms with E-state index in [1.807, 2.05) is 24.3 Å². The van der Waals surface area contributed by atoms with E-state index < -0.39 is 16.7 Å². The largest absolute Gasteiger partial charge is 0.497 e. The van der Waals surface area contributed by atoms with Crippen LogP contribution in [0.4, 0.5) is 5.82 Å². The summed E-state index contributed by atoms with van der Waals surface area (Å²) in [6.07, 6.45) is 0. The summed E-state index contributed by atoms with van der Waals surface area (Å²) in [7, 11) is 0.566. The van der Waals surface area contributed by atoms with Crippen LogP contribution in [0.3, 0.4) is 0 Å². The molecular formula is C19H15Cl2N3O3S. The van der Waals surface area contributed by atoms with Crippen LogP contribution >= 0.6 is 23.2 Å². The van der Waals surface area contributed by atoms with Crippen LogP contribution in [0.1, 0.15) is 21.6 Å². The smallest absolute Gasteiger partial charge is 0.258 e. The minimum absolute atomic E-state index is 0.251. The fraction of sp³-hybridized carbons (Fsp3) is 0.158. The van der Waals surface area contributed by atoms with Crippen molar-refractivity contribution in [2.24, 2.45) is 0 Å². The lowest BCUT2D eigenvalue weighted by molar-refractivity contribution is 0.102. The molecule has 1 N–H and O–H groups in total. The monoisotopic (exact) mass is 435 g/mol. The fourth-order valence-electron chi connectivity index (χ4n) is 3.01. The van der Waals surface area contributed by atoms with Crippen molar-refractivity contribution in [3.63, 3.8) is 0 Å². The highest BCUT2D eigenvalue weighted by molar-refractivity contribution is 7.83. The van der Waals surface area contributed by atoms with E-state index >= 15 is 0 Å². The Morgan fingerprint density at radius 1 is 1.18 bits per heavy atom. The van der Waals surface area contributed by atoms with Crippen molar-refractivity contribution in [2.45, 2.75) is 11.5 Å². The second-order valence-corrected chi connectivity index (χ2v) is 8.49.